The maximum atomic E-state index is 11.9. The Labute approximate surface area is 104 Å². The Morgan fingerprint density at radius 1 is 1.00 bits per heavy atom. The van der Waals surface area contributed by atoms with Gasteiger partial charge in [-0.25, -0.2) is 4.79 Å². The number of ether oxygens (including phenoxy) is 3. The molecule has 0 aromatic heterocycles. The quantitative estimate of drug-likeness (QED) is 0.600. The van der Waals surface area contributed by atoms with Crippen LogP contribution in [0.3, 0.4) is 0 Å². The molecule has 0 unspecified atom stereocenters. The first-order chi connectivity index (χ1) is 8.84. The molecule has 2 aromatic carbocycles. The average Bonchev–Trinajstić information content (AvgIpc) is 2.89. The first-order valence-corrected chi connectivity index (χ1v) is 5.50. The van der Waals surface area contributed by atoms with Gasteiger partial charge in [-0.1, -0.05) is 24.3 Å². The van der Waals surface area contributed by atoms with Crippen LogP contribution < -0.4 is 14.2 Å². The van der Waals surface area contributed by atoms with Crippen LogP contribution in [0, 0.1) is 0 Å². The molecule has 4 heteroatoms. The van der Waals surface area contributed by atoms with Crippen molar-refractivity contribution in [2.45, 2.75) is 0 Å². The SMILES string of the molecule is O=C(Oc1cccc2c1OCO2)c1ccccc1. The van der Waals surface area contributed by atoms with Crippen LogP contribution in [-0.2, 0) is 0 Å². The van der Waals surface area contributed by atoms with E-state index in [-0.39, 0.29) is 6.79 Å². The molecule has 0 N–H and O–H groups in total. The lowest BCUT2D eigenvalue weighted by atomic mass is 10.2. The molecule has 2 aromatic rings. The van der Waals surface area contributed by atoms with Crippen molar-refractivity contribution in [3.63, 3.8) is 0 Å². The van der Waals surface area contributed by atoms with Crippen molar-refractivity contribution in [1.29, 1.82) is 0 Å². The number of hydrogen-bond donors (Lipinski definition) is 0. The van der Waals surface area contributed by atoms with Gasteiger partial charge in [0, 0.05) is 0 Å². The first-order valence-electron chi connectivity index (χ1n) is 5.50. The maximum absolute atomic E-state index is 11.9. The Morgan fingerprint density at radius 2 is 1.83 bits per heavy atom. The number of benzene rings is 2. The predicted molar refractivity (Wildman–Crippen MR) is 64.0 cm³/mol. The number of fused-ring (bicyclic) bond motifs is 1. The number of rotatable bonds is 2. The van der Waals surface area contributed by atoms with Gasteiger partial charge in [-0.15, -0.1) is 0 Å². The molecule has 0 aliphatic carbocycles. The molecule has 90 valence electrons. The van der Waals surface area contributed by atoms with E-state index in [4.69, 9.17) is 14.2 Å². The normalized spacial score (nSPS) is 12.2. The van der Waals surface area contributed by atoms with E-state index < -0.39 is 5.97 Å². The van der Waals surface area contributed by atoms with Gasteiger partial charge in [0.15, 0.2) is 11.5 Å². The third-order valence-electron chi connectivity index (χ3n) is 2.57. The second-order valence-electron chi connectivity index (χ2n) is 3.75. The summed E-state index contributed by atoms with van der Waals surface area (Å²) in [6.07, 6.45) is 0. The molecular formula is C14H10O4. The summed E-state index contributed by atoms with van der Waals surface area (Å²) in [4.78, 5) is 11.9. The summed E-state index contributed by atoms with van der Waals surface area (Å²) in [5.41, 5.74) is 0.494. The van der Waals surface area contributed by atoms with Crippen LogP contribution in [0.5, 0.6) is 17.2 Å². The van der Waals surface area contributed by atoms with E-state index in [1.807, 2.05) is 6.07 Å². The summed E-state index contributed by atoms with van der Waals surface area (Å²) in [6.45, 7) is 0.148. The van der Waals surface area contributed by atoms with Crippen LogP contribution in [-0.4, -0.2) is 12.8 Å². The molecule has 0 spiro atoms. The molecule has 4 nitrogen and oxygen atoms in total. The summed E-state index contributed by atoms with van der Waals surface area (Å²) in [5, 5.41) is 0. The number of para-hydroxylation sites is 1. The summed E-state index contributed by atoms with van der Waals surface area (Å²) < 4.78 is 15.8. The number of esters is 1. The lowest BCUT2D eigenvalue weighted by Gasteiger charge is -2.06. The van der Waals surface area contributed by atoms with Crippen LogP contribution in [0.15, 0.2) is 48.5 Å². The van der Waals surface area contributed by atoms with E-state index in [1.165, 1.54) is 0 Å². The van der Waals surface area contributed by atoms with Crippen LogP contribution >= 0.6 is 0 Å². The van der Waals surface area contributed by atoms with E-state index >= 15 is 0 Å². The number of carbonyl (C=O) groups excluding carboxylic acids is 1. The topological polar surface area (TPSA) is 44.8 Å². The molecule has 1 aliphatic rings. The van der Waals surface area contributed by atoms with Crippen molar-refractivity contribution >= 4 is 5.97 Å². The third kappa shape index (κ3) is 1.88. The Kier molecular flexibility index (Phi) is 2.61. The Hall–Kier alpha value is -2.49. The molecule has 0 amide bonds. The molecule has 0 fully saturated rings. The third-order valence-corrected chi connectivity index (χ3v) is 2.57. The van der Waals surface area contributed by atoms with E-state index in [2.05, 4.69) is 0 Å². The highest BCUT2D eigenvalue weighted by atomic mass is 16.7. The van der Waals surface area contributed by atoms with E-state index in [0.717, 1.165) is 0 Å². The summed E-state index contributed by atoms with van der Waals surface area (Å²) in [7, 11) is 0. The van der Waals surface area contributed by atoms with Gasteiger partial charge in [0.25, 0.3) is 0 Å². The highest BCUT2D eigenvalue weighted by Gasteiger charge is 2.20. The fraction of sp³-hybridized carbons (Fsp3) is 0.0714. The summed E-state index contributed by atoms with van der Waals surface area (Å²) >= 11 is 0. The lowest BCUT2D eigenvalue weighted by molar-refractivity contribution is 0.0727. The van der Waals surface area contributed by atoms with Crippen molar-refractivity contribution in [2.24, 2.45) is 0 Å². The van der Waals surface area contributed by atoms with Gasteiger partial charge in [0.1, 0.15) is 0 Å². The number of carbonyl (C=O) groups is 1. The zero-order valence-corrected chi connectivity index (χ0v) is 9.46. The average molecular weight is 242 g/mol. The van der Waals surface area contributed by atoms with Gasteiger partial charge in [-0.3, -0.25) is 0 Å². The molecule has 1 aliphatic heterocycles. The van der Waals surface area contributed by atoms with Gasteiger partial charge in [0.2, 0.25) is 12.5 Å². The largest absolute Gasteiger partial charge is 0.453 e. The molecule has 0 saturated heterocycles. The van der Waals surface area contributed by atoms with Crippen LogP contribution in [0.1, 0.15) is 10.4 Å². The molecular weight excluding hydrogens is 232 g/mol. The summed E-state index contributed by atoms with van der Waals surface area (Å²) in [6, 6.07) is 14.0. The highest BCUT2D eigenvalue weighted by molar-refractivity contribution is 5.91. The summed E-state index contributed by atoms with van der Waals surface area (Å²) in [5.74, 6) is 1.02. The van der Waals surface area contributed by atoms with Crippen LogP contribution in [0.2, 0.25) is 0 Å². The van der Waals surface area contributed by atoms with Gasteiger partial charge in [-0.05, 0) is 24.3 Å². The van der Waals surface area contributed by atoms with Crippen molar-refractivity contribution < 1.29 is 19.0 Å². The van der Waals surface area contributed by atoms with Crippen molar-refractivity contribution in [3.05, 3.63) is 54.1 Å². The van der Waals surface area contributed by atoms with Gasteiger partial charge in [0.05, 0.1) is 5.56 Å². The monoisotopic (exact) mass is 242 g/mol. The smallest absolute Gasteiger partial charge is 0.343 e. The van der Waals surface area contributed by atoms with E-state index in [1.54, 1.807) is 42.5 Å². The predicted octanol–water partition coefficient (Wildman–Crippen LogP) is 2.63. The number of hydrogen-bond acceptors (Lipinski definition) is 4. The zero-order chi connectivity index (χ0) is 12.4. The molecule has 0 saturated carbocycles. The van der Waals surface area contributed by atoms with Crippen molar-refractivity contribution in [3.8, 4) is 17.2 Å². The van der Waals surface area contributed by atoms with Gasteiger partial charge >= 0.3 is 5.97 Å². The van der Waals surface area contributed by atoms with Crippen LogP contribution in [0.4, 0.5) is 0 Å². The zero-order valence-electron chi connectivity index (χ0n) is 9.46. The Bertz CT molecular complexity index is 578. The molecule has 1 heterocycles. The van der Waals surface area contributed by atoms with E-state index in [9.17, 15) is 4.79 Å². The molecule has 0 atom stereocenters. The fourth-order valence-corrected chi connectivity index (χ4v) is 1.72. The van der Waals surface area contributed by atoms with Crippen molar-refractivity contribution in [2.75, 3.05) is 6.79 Å². The first kappa shape index (κ1) is 10.7. The molecule has 3 rings (SSSR count). The minimum absolute atomic E-state index is 0.148. The standard InChI is InChI=1S/C14H10O4/c15-14(10-5-2-1-3-6-10)18-12-8-4-7-11-13(12)17-9-16-11/h1-8H,9H2. The molecule has 18 heavy (non-hydrogen) atoms. The Morgan fingerprint density at radius 3 is 2.67 bits per heavy atom. The fourth-order valence-electron chi connectivity index (χ4n) is 1.72. The van der Waals surface area contributed by atoms with Gasteiger partial charge < -0.3 is 14.2 Å². The maximum Gasteiger partial charge on any atom is 0.343 e. The molecule has 0 bridgehead atoms. The van der Waals surface area contributed by atoms with Gasteiger partial charge in [-0.2, -0.15) is 0 Å². The van der Waals surface area contributed by atoms with Crippen molar-refractivity contribution in [1.82, 2.24) is 0 Å². The minimum Gasteiger partial charge on any atom is -0.453 e. The molecule has 0 radical (unpaired) electrons. The highest BCUT2D eigenvalue weighted by Crippen LogP contribution is 2.40. The Balaban J connectivity index is 1.86. The minimum atomic E-state index is -0.417. The second kappa shape index (κ2) is 4.41. The second-order valence-corrected chi connectivity index (χ2v) is 3.75. The van der Waals surface area contributed by atoms with Crippen LogP contribution in [0.25, 0.3) is 0 Å². The van der Waals surface area contributed by atoms with E-state index in [0.29, 0.717) is 22.8 Å². The lowest BCUT2D eigenvalue weighted by Crippen LogP contribution is -2.08.